The number of aromatic nitrogens is 5. The maximum Gasteiger partial charge on any atom is 0.222 e. The van der Waals surface area contributed by atoms with Crippen molar-refractivity contribution in [3.05, 3.63) is 29.7 Å². The first-order valence-electron chi connectivity index (χ1n) is 10.9. The highest BCUT2D eigenvalue weighted by molar-refractivity contribution is 5.86. The van der Waals surface area contributed by atoms with Crippen LogP contribution in [0.2, 0.25) is 0 Å². The van der Waals surface area contributed by atoms with Crippen LogP contribution in [0.25, 0.3) is 11.0 Å². The van der Waals surface area contributed by atoms with E-state index in [1.165, 1.54) is 31.2 Å². The molecule has 30 heavy (non-hydrogen) atoms. The van der Waals surface area contributed by atoms with Gasteiger partial charge in [0.1, 0.15) is 22.5 Å². The average molecular weight is 410 g/mol. The first-order chi connectivity index (χ1) is 14.7. The quantitative estimate of drug-likeness (QED) is 0.491. The van der Waals surface area contributed by atoms with E-state index in [2.05, 4.69) is 33.4 Å². The van der Waals surface area contributed by atoms with Crippen LogP contribution in [0.15, 0.2) is 18.5 Å². The summed E-state index contributed by atoms with van der Waals surface area (Å²) in [6.45, 7) is 3.46. The molecular formula is C22H31N7O. The minimum atomic E-state index is 0.243. The number of ether oxygens (including phenoxy) is 1. The summed E-state index contributed by atoms with van der Waals surface area (Å²) >= 11 is 0. The molecule has 8 heteroatoms. The fraction of sp³-hybridized carbons (Fsp3) is 0.545. The summed E-state index contributed by atoms with van der Waals surface area (Å²) in [6, 6.07) is 2.11. The molecule has 160 valence electrons. The third-order valence-corrected chi connectivity index (χ3v) is 5.90. The number of rotatable bonds is 10. The molecule has 1 fully saturated rings. The van der Waals surface area contributed by atoms with E-state index in [9.17, 15) is 0 Å². The third kappa shape index (κ3) is 4.47. The number of unbranched alkanes of at least 4 members (excludes halogenated alkanes) is 1. The summed E-state index contributed by atoms with van der Waals surface area (Å²) < 4.78 is 7.52. The molecule has 0 bridgehead atoms. The Morgan fingerprint density at radius 1 is 1.27 bits per heavy atom. The number of aryl methyl sites for hydroxylation is 1. The van der Waals surface area contributed by atoms with Gasteiger partial charge >= 0.3 is 0 Å². The highest BCUT2D eigenvalue weighted by atomic mass is 16.5. The van der Waals surface area contributed by atoms with E-state index in [0.29, 0.717) is 12.4 Å². The number of anilines is 2. The van der Waals surface area contributed by atoms with Gasteiger partial charge in [-0.05, 0) is 36.8 Å². The summed E-state index contributed by atoms with van der Waals surface area (Å²) in [4.78, 5) is 13.4. The van der Waals surface area contributed by atoms with Crippen LogP contribution in [-0.2, 0) is 13.0 Å². The van der Waals surface area contributed by atoms with E-state index in [-0.39, 0.29) is 5.95 Å². The van der Waals surface area contributed by atoms with Gasteiger partial charge < -0.3 is 15.8 Å². The van der Waals surface area contributed by atoms with Crippen molar-refractivity contribution >= 4 is 22.8 Å². The number of nitrogen functional groups attached to an aromatic ring is 1. The lowest BCUT2D eigenvalue weighted by molar-refractivity contribution is 0.296. The van der Waals surface area contributed by atoms with Gasteiger partial charge in [0.25, 0.3) is 0 Å². The molecule has 0 spiro atoms. The van der Waals surface area contributed by atoms with Crippen LogP contribution in [-0.4, -0.2) is 38.4 Å². The van der Waals surface area contributed by atoms with Crippen molar-refractivity contribution in [2.75, 3.05) is 24.7 Å². The van der Waals surface area contributed by atoms with Crippen molar-refractivity contribution in [1.29, 1.82) is 0 Å². The van der Waals surface area contributed by atoms with E-state index < -0.39 is 0 Å². The summed E-state index contributed by atoms with van der Waals surface area (Å²) in [5.41, 5.74) is 9.50. The lowest BCUT2D eigenvalue weighted by Crippen LogP contribution is -2.12. The number of methoxy groups -OCH3 is 1. The number of pyridine rings is 1. The van der Waals surface area contributed by atoms with Crippen LogP contribution in [0.5, 0.6) is 5.75 Å². The van der Waals surface area contributed by atoms with Gasteiger partial charge in [-0.15, -0.1) is 0 Å². The standard InChI is InChI=1S/C22H31N7O/c1-3-4-10-24-21-20-17(27-22(23)28-21)13-26-29(20)14-18-19(30-2)11-16(12-25-18)9-8-15-6-5-7-15/h11-13,15H,3-10,14H2,1-2H3,(H3,23,24,27,28). The fourth-order valence-electron chi connectivity index (χ4n) is 3.88. The van der Waals surface area contributed by atoms with Crippen molar-refractivity contribution in [2.24, 2.45) is 5.92 Å². The number of hydrogen-bond acceptors (Lipinski definition) is 7. The smallest absolute Gasteiger partial charge is 0.222 e. The molecule has 3 aromatic rings. The second-order valence-corrected chi connectivity index (χ2v) is 8.07. The summed E-state index contributed by atoms with van der Waals surface area (Å²) in [7, 11) is 1.69. The number of hydrogen-bond donors (Lipinski definition) is 2. The van der Waals surface area contributed by atoms with Gasteiger partial charge in [-0.3, -0.25) is 9.67 Å². The van der Waals surface area contributed by atoms with E-state index in [1.54, 1.807) is 13.3 Å². The molecule has 0 saturated heterocycles. The molecule has 4 rings (SSSR count). The van der Waals surface area contributed by atoms with Crippen LogP contribution < -0.4 is 15.8 Å². The van der Waals surface area contributed by atoms with Crippen LogP contribution in [0.3, 0.4) is 0 Å². The molecule has 8 nitrogen and oxygen atoms in total. The van der Waals surface area contributed by atoms with Crippen LogP contribution >= 0.6 is 0 Å². The lowest BCUT2D eigenvalue weighted by atomic mass is 9.81. The van der Waals surface area contributed by atoms with E-state index in [4.69, 9.17) is 15.5 Å². The molecular weight excluding hydrogens is 378 g/mol. The Balaban J connectivity index is 1.56. The van der Waals surface area contributed by atoms with Gasteiger partial charge in [0, 0.05) is 12.7 Å². The number of nitrogens with two attached hydrogens (primary N) is 1. The molecule has 3 N–H and O–H groups in total. The van der Waals surface area contributed by atoms with E-state index in [0.717, 1.165) is 54.2 Å². The van der Waals surface area contributed by atoms with Crippen LogP contribution in [0.1, 0.15) is 56.7 Å². The van der Waals surface area contributed by atoms with Crippen molar-refractivity contribution < 1.29 is 4.74 Å². The van der Waals surface area contributed by atoms with Gasteiger partial charge in [0.05, 0.1) is 19.9 Å². The zero-order valence-electron chi connectivity index (χ0n) is 17.9. The normalized spacial score (nSPS) is 14.1. The Morgan fingerprint density at radius 2 is 2.13 bits per heavy atom. The summed E-state index contributed by atoms with van der Waals surface area (Å²) in [6.07, 6.45) is 12.3. The molecule has 1 aliphatic rings. The van der Waals surface area contributed by atoms with Crippen molar-refractivity contribution in [1.82, 2.24) is 24.7 Å². The molecule has 1 saturated carbocycles. The van der Waals surface area contributed by atoms with Crippen LogP contribution in [0.4, 0.5) is 11.8 Å². The van der Waals surface area contributed by atoms with Gasteiger partial charge in [-0.1, -0.05) is 32.6 Å². The summed E-state index contributed by atoms with van der Waals surface area (Å²) in [5, 5.41) is 7.89. The molecule has 0 atom stereocenters. The Hall–Kier alpha value is -2.90. The van der Waals surface area contributed by atoms with Crippen molar-refractivity contribution in [2.45, 2.75) is 58.4 Å². The van der Waals surface area contributed by atoms with Crippen molar-refractivity contribution in [3.8, 4) is 5.75 Å². The van der Waals surface area contributed by atoms with Gasteiger partial charge in [-0.2, -0.15) is 10.1 Å². The molecule has 0 unspecified atom stereocenters. The summed E-state index contributed by atoms with van der Waals surface area (Å²) in [5.74, 6) is 2.63. The Labute approximate surface area is 177 Å². The first kappa shape index (κ1) is 20.4. The molecule has 3 aromatic heterocycles. The molecule has 0 aromatic carbocycles. The van der Waals surface area contributed by atoms with E-state index in [1.807, 2.05) is 10.9 Å². The largest absolute Gasteiger partial charge is 0.495 e. The molecule has 0 amide bonds. The number of nitrogens with zero attached hydrogens (tertiary/aromatic N) is 5. The maximum atomic E-state index is 5.89. The SMILES string of the molecule is CCCCNc1nc(N)nc2cnn(Cc3ncc(CCC4CCC4)cc3OC)c12. The molecule has 0 aliphatic heterocycles. The average Bonchev–Trinajstić information content (AvgIpc) is 3.10. The minimum absolute atomic E-state index is 0.243. The van der Waals surface area contributed by atoms with Gasteiger partial charge in [-0.25, -0.2) is 4.98 Å². The topological polar surface area (TPSA) is 104 Å². The Kier molecular flexibility index (Phi) is 6.30. The first-order valence-corrected chi connectivity index (χ1v) is 10.9. The van der Waals surface area contributed by atoms with Crippen molar-refractivity contribution in [3.63, 3.8) is 0 Å². The maximum absolute atomic E-state index is 5.89. The third-order valence-electron chi connectivity index (χ3n) is 5.90. The van der Waals surface area contributed by atoms with Gasteiger partial charge in [0.2, 0.25) is 5.95 Å². The zero-order valence-corrected chi connectivity index (χ0v) is 17.9. The zero-order chi connectivity index (χ0) is 20.9. The number of nitrogens with one attached hydrogen (secondary N) is 1. The second kappa shape index (κ2) is 9.28. The molecule has 1 aliphatic carbocycles. The predicted octanol–water partition coefficient (Wildman–Crippen LogP) is 3.81. The van der Waals surface area contributed by atoms with Crippen LogP contribution in [0, 0.1) is 5.92 Å². The monoisotopic (exact) mass is 409 g/mol. The second-order valence-electron chi connectivity index (χ2n) is 8.07. The molecule has 0 radical (unpaired) electrons. The number of fused-ring (bicyclic) bond motifs is 1. The Bertz CT molecular complexity index is 997. The Morgan fingerprint density at radius 3 is 2.87 bits per heavy atom. The fourth-order valence-corrected chi connectivity index (χ4v) is 3.88. The molecule has 3 heterocycles. The highest BCUT2D eigenvalue weighted by Gasteiger charge is 2.18. The lowest BCUT2D eigenvalue weighted by Gasteiger charge is -2.25. The predicted molar refractivity (Wildman–Crippen MR) is 119 cm³/mol. The highest BCUT2D eigenvalue weighted by Crippen LogP contribution is 2.31. The van der Waals surface area contributed by atoms with E-state index >= 15 is 0 Å². The minimum Gasteiger partial charge on any atom is -0.495 e. The van der Waals surface area contributed by atoms with Gasteiger partial charge in [0.15, 0.2) is 5.82 Å².